The van der Waals surface area contributed by atoms with Crippen LogP contribution in [0.5, 0.6) is 0 Å². The number of hydrogen-bond acceptors (Lipinski definition) is 6. The molecule has 4 rings (SSSR count). The van der Waals surface area contributed by atoms with Crippen molar-refractivity contribution >= 4 is 5.82 Å². The quantitative estimate of drug-likeness (QED) is 0.846. The van der Waals surface area contributed by atoms with Crippen molar-refractivity contribution in [3.63, 3.8) is 0 Å². The predicted octanol–water partition coefficient (Wildman–Crippen LogP) is 1.89. The van der Waals surface area contributed by atoms with E-state index in [1.807, 2.05) is 11.0 Å². The zero-order valence-electron chi connectivity index (χ0n) is 16.2. The molecule has 0 radical (unpaired) electrons. The van der Waals surface area contributed by atoms with Crippen LogP contribution in [0, 0.1) is 23.1 Å². The molecule has 2 saturated heterocycles. The van der Waals surface area contributed by atoms with E-state index in [-0.39, 0.29) is 23.1 Å². The number of rotatable bonds is 4. The van der Waals surface area contributed by atoms with E-state index in [1.165, 1.54) is 12.1 Å². The maximum absolute atomic E-state index is 14.2. The first-order chi connectivity index (χ1) is 14.0. The van der Waals surface area contributed by atoms with Gasteiger partial charge in [0.1, 0.15) is 11.9 Å². The molecule has 7 nitrogen and oxygen atoms in total. The molecule has 3 heterocycles. The minimum atomic E-state index is -0.598. The fourth-order valence-corrected chi connectivity index (χ4v) is 3.89. The summed E-state index contributed by atoms with van der Waals surface area (Å²) < 4.78 is 21.3. The molecule has 0 bridgehead atoms. The number of ether oxygens (including phenoxy) is 1. The van der Waals surface area contributed by atoms with Gasteiger partial charge in [0.25, 0.3) is 5.56 Å². The highest BCUT2D eigenvalue weighted by atomic mass is 19.1. The van der Waals surface area contributed by atoms with Gasteiger partial charge < -0.3 is 19.9 Å². The molecule has 1 aromatic carbocycles. The Morgan fingerprint density at radius 1 is 1.31 bits per heavy atom. The van der Waals surface area contributed by atoms with Crippen molar-refractivity contribution in [1.29, 1.82) is 5.26 Å². The van der Waals surface area contributed by atoms with Crippen LogP contribution in [0.4, 0.5) is 10.2 Å². The lowest BCUT2D eigenvalue weighted by molar-refractivity contribution is 0.182. The lowest BCUT2D eigenvalue weighted by Crippen LogP contribution is -2.43. The summed E-state index contributed by atoms with van der Waals surface area (Å²) in [7, 11) is 0. The molecule has 1 unspecified atom stereocenters. The van der Waals surface area contributed by atoms with Gasteiger partial charge in [0, 0.05) is 50.0 Å². The van der Waals surface area contributed by atoms with Crippen LogP contribution < -0.4 is 16.2 Å². The molecule has 2 N–H and O–H groups in total. The van der Waals surface area contributed by atoms with Crippen LogP contribution in [-0.2, 0) is 11.3 Å². The number of halogens is 1. The van der Waals surface area contributed by atoms with Gasteiger partial charge in [-0.05, 0) is 31.4 Å². The maximum Gasteiger partial charge on any atom is 0.293 e. The van der Waals surface area contributed by atoms with E-state index in [2.05, 4.69) is 4.98 Å². The largest absolute Gasteiger partial charge is 0.381 e. The molecule has 2 aliphatic heterocycles. The molecule has 29 heavy (non-hydrogen) atoms. The molecule has 0 aliphatic carbocycles. The van der Waals surface area contributed by atoms with Gasteiger partial charge in [0.05, 0.1) is 17.9 Å². The molecular weight excluding hydrogens is 373 g/mol. The van der Waals surface area contributed by atoms with E-state index >= 15 is 0 Å². The number of benzene rings is 1. The molecule has 0 amide bonds. The highest BCUT2D eigenvalue weighted by molar-refractivity contribution is 5.62. The maximum atomic E-state index is 14.2. The third kappa shape index (κ3) is 4.16. The summed E-state index contributed by atoms with van der Waals surface area (Å²) in [5.41, 5.74) is 6.88. The molecule has 1 atom stereocenters. The third-order valence-electron chi connectivity index (χ3n) is 5.66. The van der Waals surface area contributed by atoms with Crippen LogP contribution in [0.15, 0.2) is 29.2 Å². The number of aromatic nitrogens is 2. The van der Waals surface area contributed by atoms with Gasteiger partial charge >= 0.3 is 0 Å². The Labute approximate surface area is 168 Å². The van der Waals surface area contributed by atoms with Gasteiger partial charge in [0.2, 0.25) is 0 Å². The number of piperidine rings is 1. The minimum Gasteiger partial charge on any atom is -0.381 e. The zero-order valence-corrected chi connectivity index (χ0v) is 16.2. The summed E-state index contributed by atoms with van der Waals surface area (Å²) in [6.45, 7) is 3.20. The molecule has 152 valence electrons. The molecule has 1 aromatic heterocycles. The number of hydrogen-bond donors (Lipinski definition) is 1. The van der Waals surface area contributed by atoms with E-state index in [0.29, 0.717) is 49.9 Å². The number of anilines is 1. The fourth-order valence-electron chi connectivity index (χ4n) is 3.89. The summed E-state index contributed by atoms with van der Waals surface area (Å²) in [4.78, 5) is 19.7. The summed E-state index contributed by atoms with van der Waals surface area (Å²) in [5.74, 6) is 0.0422. The van der Waals surface area contributed by atoms with Crippen LogP contribution >= 0.6 is 0 Å². The van der Waals surface area contributed by atoms with E-state index < -0.39 is 5.82 Å². The van der Waals surface area contributed by atoms with Crippen LogP contribution in [0.1, 0.15) is 24.8 Å². The van der Waals surface area contributed by atoms with Gasteiger partial charge in [0.15, 0.2) is 5.82 Å². The smallest absolute Gasteiger partial charge is 0.293 e. The van der Waals surface area contributed by atoms with Crippen LogP contribution in [0.25, 0.3) is 11.3 Å². The average Bonchev–Trinajstić information content (AvgIpc) is 3.23. The Balaban J connectivity index is 1.75. The summed E-state index contributed by atoms with van der Waals surface area (Å²) in [5, 5.41) is 8.98. The molecule has 2 fully saturated rings. The highest BCUT2D eigenvalue weighted by Gasteiger charge is 2.24. The minimum absolute atomic E-state index is 0.0181. The summed E-state index contributed by atoms with van der Waals surface area (Å²) in [6, 6.07) is 6.36. The molecule has 0 saturated carbocycles. The first kappa shape index (κ1) is 19.6. The monoisotopic (exact) mass is 397 g/mol. The van der Waals surface area contributed by atoms with Crippen molar-refractivity contribution in [3.8, 4) is 17.3 Å². The predicted molar refractivity (Wildman–Crippen MR) is 107 cm³/mol. The van der Waals surface area contributed by atoms with Crippen molar-refractivity contribution in [1.82, 2.24) is 9.55 Å². The molecule has 0 spiro atoms. The molecule has 2 aliphatic rings. The average molecular weight is 397 g/mol. The second-order valence-electron chi connectivity index (χ2n) is 7.77. The van der Waals surface area contributed by atoms with E-state index in [9.17, 15) is 9.18 Å². The van der Waals surface area contributed by atoms with E-state index in [1.54, 1.807) is 16.8 Å². The van der Waals surface area contributed by atoms with Crippen molar-refractivity contribution in [2.24, 2.45) is 11.7 Å². The van der Waals surface area contributed by atoms with Crippen LogP contribution in [-0.4, -0.2) is 41.9 Å². The first-order valence-corrected chi connectivity index (χ1v) is 9.95. The second-order valence-corrected chi connectivity index (χ2v) is 7.77. The van der Waals surface area contributed by atoms with Crippen molar-refractivity contribution in [2.45, 2.75) is 31.8 Å². The number of nitrogens with two attached hydrogens (primary N) is 1. The zero-order chi connectivity index (χ0) is 20.4. The lowest BCUT2D eigenvalue weighted by atomic mass is 10.1. The van der Waals surface area contributed by atoms with E-state index in [4.69, 9.17) is 15.7 Å². The molecule has 8 heteroatoms. The SMILES string of the molecule is N#Cc1ccc(-c2cn(CC3CCOC3)c(=O)c(N3CCC(N)CC3)n2)cc1F. The van der Waals surface area contributed by atoms with Gasteiger partial charge in [-0.15, -0.1) is 0 Å². The topological polar surface area (TPSA) is 97.2 Å². The Kier molecular flexibility index (Phi) is 5.60. The van der Waals surface area contributed by atoms with Gasteiger partial charge in [-0.25, -0.2) is 9.37 Å². The van der Waals surface area contributed by atoms with Crippen molar-refractivity contribution < 1.29 is 9.13 Å². The van der Waals surface area contributed by atoms with Crippen LogP contribution in [0.3, 0.4) is 0 Å². The summed E-state index contributed by atoms with van der Waals surface area (Å²) in [6.07, 6.45) is 4.19. The third-order valence-corrected chi connectivity index (χ3v) is 5.66. The Hall–Kier alpha value is -2.76. The van der Waals surface area contributed by atoms with Crippen molar-refractivity contribution in [3.05, 3.63) is 46.1 Å². The van der Waals surface area contributed by atoms with Gasteiger partial charge in [-0.2, -0.15) is 5.26 Å². The van der Waals surface area contributed by atoms with Gasteiger partial charge in [-0.1, -0.05) is 6.07 Å². The Morgan fingerprint density at radius 3 is 2.76 bits per heavy atom. The number of nitriles is 1. The fraction of sp³-hybridized carbons (Fsp3) is 0.476. The molecule has 2 aromatic rings. The Morgan fingerprint density at radius 2 is 2.10 bits per heavy atom. The lowest BCUT2D eigenvalue weighted by Gasteiger charge is -2.31. The van der Waals surface area contributed by atoms with E-state index in [0.717, 1.165) is 19.3 Å². The highest BCUT2D eigenvalue weighted by Crippen LogP contribution is 2.23. The molecular formula is C21H24FN5O2. The normalized spacial score (nSPS) is 20.0. The number of nitrogens with zero attached hydrogens (tertiary/aromatic N) is 4. The van der Waals surface area contributed by atoms with Gasteiger partial charge in [-0.3, -0.25) is 4.79 Å². The standard InChI is InChI=1S/C21H24FN5O2/c22-18-9-15(1-2-16(18)10-23)19-12-27(11-14-5-8-29-13-14)21(28)20(25-19)26-6-3-17(24)4-7-26/h1-2,9,12,14,17H,3-8,11,13,24H2. The first-order valence-electron chi connectivity index (χ1n) is 9.95. The van der Waals surface area contributed by atoms with Crippen molar-refractivity contribution in [2.75, 3.05) is 31.2 Å². The Bertz CT molecular complexity index is 986. The second kappa shape index (κ2) is 8.31. The summed E-state index contributed by atoms with van der Waals surface area (Å²) >= 11 is 0. The van der Waals surface area contributed by atoms with Crippen LogP contribution in [0.2, 0.25) is 0 Å².